The standard InChI is InChI=1S/C23H33N3O5/c1-14-8-7-9-17(15(14)2)24-21(27)10-5-6-11-26-22(28)16-12-19(30-3)20(31-4)13-18(16)25-23(26)29/h12-15,17H,5-11H2,1-4H3,(H,24,27)(H,25,29)/t14-,15+,17+/m0/s1. The molecule has 0 radical (unpaired) electrons. The van der Waals surface area contributed by atoms with Crippen LogP contribution in [0, 0.1) is 11.8 Å². The number of amides is 1. The van der Waals surface area contributed by atoms with E-state index in [-0.39, 0.29) is 24.1 Å². The number of nitrogens with one attached hydrogen (secondary N) is 2. The molecule has 2 N–H and O–H groups in total. The molecule has 1 aliphatic rings. The van der Waals surface area contributed by atoms with E-state index >= 15 is 0 Å². The summed E-state index contributed by atoms with van der Waals surface area (Å²) in [6.45, 7) is 4.70. The van der Waals surface area contributed by atoms with Crippen molar-refractivity contribution in [1.29, 1.82) is 0 Å². The molecular weight excluding hydrogens is 398 g/mol. The van der Waals surface area contributed by atoms with E-state index in [1.807, 2.05) is 0 Å². The highest BCUT2D eigenvalue weighted by Crippen LogP contribution is 2.30. The highest BCUT2D eigenvalue weighted by Gasteiger charge is 2.27. The summed E-state index contributed by atoms with van der Waals surface area (Å²) in [5.41, 5.74) is -0.451. The van der Waals surface area contributed by atoms with E-state index in [0.29, 0.717) is 53.5 Å². The van der Waals surface area contributed by atoms with Crippen molar-refractivity contribution >= 4 is 16.8 Å². The van der Waals surface area contributed by atoms with E-state index in [1.54, 1.807) is 12.1 Å². The third-order valence-electron chi connectivity index (χ3n) is 6.57. The van der Waals surface area contributed by atoms with Gasteiger partial charge >= 0.3 is 5.69 Å². The Labute approximate surface area is 181 Å². The molecule has 1 aliphatic carbocycles. The third-order valence-corrected chi connectivity index (χ3v) is 6.57. The number of fused-ring (bicyclic) bond motifs is 1. The Morgan fingerprint density at radius 3 is 2.55 bits per heavy atom. The molecule has 8 nitrogen and oxygen atoms in total. The van der Waals surface area contributed by atoms with Gasteiger partial charge in [0, 0.05) is 25.1 Å². The number of unbranched alkanes of at least 4 members (excludes halogenated alkanes) is 1. The maximum absolute atomic E-state index is 12.8. The third kappa shape index (κ3) is 5.11. The van der Waals surface area contributed by atoms with Crippen LogP contribution in [0.25, 0.3) is 10.9 Å². The van der Waals surface area contributed by atoms with E-state index in [4.69, 9.17) is 9.47 Å². The Bertz CT molecular complexity index is 1040. The van der Waals surface area contributed by atoms with Crippen LogP contribution in [0.3, 0.4) is 0 Å². The van der Waals surface area contributed by atoms with Crippen molar-refractivity contribution in [1.82, 2.24) is 14.9 Å². The SMILES string of the molecule is COc1cc2[nH]c(=O)n(CCCCC(=O)N[C@@H]3CCC[C@H](C)[C@H]3C)c(=O)c2cc1OC. The Balaban J connectivity index is 1.61. The molecular formula is C23H33N3O5. The summed E-state index contributed by atoms with van der Waals surface area (Å²) in [5, 5.41) is 3.52. The summed E-state index contributed by atoms with van der Waals surface area (Å²) in [6, 6.07) is 3.40. The van der Waals surface area contributed by atoms with Crippen LogP contribution in [-0.2, 0) is 11.3 Å². The van der Waals surface area contributed by atoms with E-state index in [0.717, 1.165) is 12.8 Å². The fourth-order valence-electron chi connectivity index (χ4n) is 4.40. The smallest absolute Gasteiger partial charge is 0.328 e. The summed E-state index contributed by atoms with van der Waals surface area (Å²) in [5.74, 6) is 2.03. The topological polar surface area (TPSA) is 102 Å². The molecule has 1 fully saturated rings. The zero-order valence-electron chi connectivity index (χ0n) is 18.8. The lowest BCUT2D eigenvalue weighted by Crippen LogP contribution is -2.43. The first-order chi connectivity index (χ1) is 14.8. The van der Waals surface area contributed by atoms with Crippen LogP contribution in [0.15, 0.2) is 21.7 Å². The van der Waals surface area contributed by atoms with Crippen molar-refractivity contribution < 1.29 is 14.3 Å². The summed E-state index contributed by atoms with van der Waals surface area (Å²) in [7, 11) is 2.99. The average molecular weight is 432 g/mol. The van der Waals surface area contributed by atoms with Gasteiger partial charge in [0.2, 0.25) is 5.91 Å². The van der Waals surface area contributed by atoms with Gasteiger partial charge in [0.05, 0.1) is 25.1 Å². The summed E-state index contributed by atoms with van der Waals surface area (Å²) >= 11 is 0. The molecule has 1 heterocycles. The minimum absolute atomic E-state index is 0.0440. The van der Waals surface area contributed by atoms with Crippen LogP contribution in [0.1, 0.15) is 52.4 Å². The molecule has 0 saturated heterocycles. The first-order valence-corrected chi connectivity index (χ1v) is 11.0. The summed E-state index contributed by atoms with van der Waals surface area (Å²) < 4.78 is 11.7. The molecule has 0 spiro atoms. The molecule has 3 atom stereocenters. The number of ether oxygens (including phenoxy) is 2. The lowest BCUT2D eigenvalue weighted by molar-refractivity contribution is -0.122. The van der Waals surface area contributed by atoms with Crippen LogP contribution >= 0.6 is 0 Å². The van der Waals surface area contributed by atoms with Crippen molar-refractivity contribution in [2.45, 2.75) is 65.0 Å². The molecule has 8 heteroatoms. The van der Waals surface area contributed by atoms with Crippen molar-refractivity contribution in [3.05, 3.63) is 33.0 Å². The molecule has 0 bridgehead atoms. The second-order valence-electron chi connectivity index (χ2n) is 8.54. The van der Waals surface area contributed by atoms with Gasteiger partial charge in [-0.15, -0.1) is 0 Å². The van der Waals surface area contributed by atoms with Gasteiger partial charge in [-0.25, -0.2) is 4.79 Å². The minimum Gasteiger partial charge on any atom is -0.493 e. The molecule has 1 aromatic carbocycles. The molecule has 1 aromatic heterocycles. The molecule has 0 aliphatic heterocycles. The number of carbonyl (C=O) groups excluding carboxylic acids is 1. The van der Waals surface area contributed by atoms with Crippen LogP contribution in [0.5, 0.6) is 11.5 Å². The van der Waals surface area contributed by atoms with Gasteiger partial charge < -0.3 is 19.8 Å². The normalized spacial score (nSPS) is 21.1. The van der Waals surface area contributed by atoms with Gasteiger partial charge in [0.15, 0.2) is 11.5 Å². The number of carbonyl (C=O) groups is 1. The van der Waals surface area contributed by atoms with Crippen molar-refractivity contribution in [3.63, 3.8) is 0 Å². The van der Waals surface area contributed by atoms with Crippen LogP contribution < -0.4 is 26.0 Å². The van der Waals surface area contributed by atoms with Crippen LogP contribution in [0.2, 0.25) is 0 Å². The van der Waals surface area contributed by atoms with Crippen molar-refractivity contribution in [3.8, 4) is 11.5 Å². The minimum atomic E-state index is -0.473. The Kier molecular flexibility index (Phi) is 7.41. The van der Waals surface area contributed by atoms with E-state index in [1.165, 1.54) is 25.2 Å². The second-order valence-corrected chi connectivity index (χ2v) is 8.54. The number of nitrogens with zero attached hydrogens (tertiary/aromatic N) is 1. The highest BCUT2D eigenvalue weighted by atomic mass is 16.5. The Morgan fingerprint density at radius 1 is 1.13 bits per heavy atom. The highest BCUT2D eigenvalue weighted by molar-refractivity contribution is 5.81. The number of aromatic amines is 1. The molecule has 31 heavy (non-hydrogen) atoms. The first-order valence-electron chi connectivity index (χ1n) is 11.0. The summed E-state index contributed by atoms with van der Waals surface area (Å²) in [6.07, 6.45) is 4.97. The molecule has 1 saturated carbocycles. The predicted octanol–water partition coefficient (Wildman–Crippen LogP) is 2.82. The van der Waals surface area contributed by atoms with Gasteiger partial charge in [-0.2, -0.15) is 0 Å². The first kappa shape index (κ1) is 22.9. The number of benzene rings is 1. The quantitative estimate of drug-likeness (QED) is 0.626. The average Bonchev–Trinajstić information content (AvgIpc) is 2.75. The molecule has 1 amide bonds. The van der Waals surface area contributed by atoms with Crippen LogP contribution in [-0.4, -0.2) is 35.7 Å². The molecule has 170 valence electrons. The maximum Gasteiger partial charge on any atom is 0.328 e. The maximum atomic E-state index is 12.8. The Hall–Kier alpha value is -2.77. The van der Waals surface area contributed by atoms with Gasteiger partial charge in [0.1, 0.15) is 0 Å². The van der Waals surface area contributed by atoms with Crippen molar-refractivity contribution in [2.24, 2.45) is 11.8 Å². The van der Waals surface area contributed by atoms with Gasteiger partial charge in [-0.3, -0.25) is 14.2 Å². The largest absolute Gasteiger partial charge is 0.493 e. The number of aromatic nitrogens is 2. The van der Waals surface area contributed by atoms with Gasteiger partial charge in [0.25, 0.3) is 5.56 Å². The van der Waals surface area contributed by atoms with Gasteiger partial charge in [-0.1, -0.05) is 26.7 Å². The zero-order chi connectivity index (χ0) is 22.5. The Morgan fingerprint density at radius 2 is 1.84 bits per heavy atom. The van der Waals surface area contributed by atoms with Crippen molar-refractivity contribution in [2.75, 3.05) is 14.2 Å². The number of methoxy groups -OCH3 is 2. The number of H-pyrrole nitrogens is 1. The fraction of sp³-hybridized carbons (Fsp3) is 0.609. The van der Waals surface area contributed by atoms with E-state index in [9.17, 15) is 14.4 Å². The monoisotopic (exact) mass is 431 g/mol. The predicted molar refractivity (Wildman–Crippen MR) is 120 cm³/mol. The lowest BCUT2D eigenvalue weighted by atomic mass is 9.78. The van der Waals surface area contributed by atoms with E-state index < -0.39 is 5.69 Å². The summed E-state index contributed by atoms with van der Waals surface area (Å²) in [4.78, 5) is 40.3. The molecule has 2 aromatic rings. The number of hydrogen-bond donors (Lipinski definition) is 2. The number of hydrogen-bond acceptors (Lipinski definition) is 5. The molecule has 0 unspecified atom stereocenters. The number of rotatable bonds is 8. The van der Waals surface area contributed by atoms with E-state index in [2.05, 4.69) is 24.1 Å². The molecule has 3 rings (SSSR count). The second kappa shape index (κ2) is 10.0. The van der Waals surface area contributed by atoms with Crippen LogP contribution in [0.4, 0.5) is 0 Å². The van der Waals surface area contributed by atoms with Gasteiger partial charge in [-0.05, 0) is 37.2 Å². The fourth-order valence-corrected chi connectivity index (χ4v) is 4.40. The lowest BCUT2D eigenvalue weighted by Gasteiger charge is -2.34. The zero-order valence-corrected chi connectivity index (χ0v) is 18.8.